The molecule has 0 unspecified atom stereocenters. The molecule has 3 aromatic rings. The van der Waals surface area contributed by atoms with Crippen molar-refractivity contribution in [2.45, 2.75) is 25.5 Å². The minimum Gasteiger partial charge on any atom is -0.493 e. The number of aryl methyl sites for hydroxylation is 2. The third-order valence-corrected chi connectivity index (χ3v) is 5.76. The van der Waals surface area contributed by atoms with Crippen LogP contribution in [-0.2, 0) is 11.3 Å². The van der Waals surface area contributed by atoms with Crippen LogP contribution in [0.3, 0.4) is 0 Å². The van der Waals surface area contributed by atoms with Crippen LogP contribution in [0.2, 0.25) is 0 Å². The Labute approximate surface area is 186 Å². The zero-order valence-electron chi connectivity index (χ0n) is 18.1. The van der Waals surface area contributed by atoms with Gasteiger partial charge in [-0.3, -0.25) is 9.36 Å². The van der Waals surface area contributed by atoms with Crippen molar-refractivity contribution in [3.63, 3.8) is 0 Å². The second-order valence-corrected chi connectivity index (χ2v) is 7.85. The smallest absolute Gasteiger partial charge is 0.234 e. The van der Waals surface area contributed by atoms with Gasteiger partial charge in [0, 0.05) is 17.8 Å². The highest BCUT2D eigenvalue weighted by atomic mass is 32.2. The van der Waals surface area contributed by atoms with Gasteiger partial charge < -0.3 is 14.8 Å². The number of methoxy groups -OCH3 is 2. The van der Waals surface area contributed by atoms with E-state index in [4.69, 9.17) is 9.47 Å². The molecule has 0 saturated heterocycles. The zero-order valence-corrected chi connectivity index (χ0v) is 19.0. The first-order valence-electron chi connectivity index (χ1n) is 9.73. The molecule has 31 heavy (non-hydrogen) atoms. The highest BCUT2D eigenvalue weighted by Gasteiger charge is 2.17. The predicted octanol–water partition coefficient (Wildman–Crippen LogP) is 4.50. The van der Waals surface area contributed by atoms with E-state index in [0.29, 0.717) is 29.0 Å². The molecule has 0 atom stereocenters. The van der Waals surface area contributed by atoms with Gasteiger partial charge >= 0.3 is 0 Å². The van der Waals surface area contributed by atoms with Crippen molar-refractivity contribution in [1.82, 2.24) is 14.8 Å². The van der Waals surface area contributed by atoms with E-state index in [2.05, 4.69) is 22.1 Å². The number of nitrogens with zero attached hydrogens (tertiary/aromatic N) is 3. The lowest BCUT2D eigenvalue weighted by Crippen LogP contribution is -2.14. The maximum absolute atomic E-state index is 12.4. The molecule has 0 spiro atoms. The summed E-state index contributed by atoms with van der Waals surface area (Å²) in [7, 11) is 3.18. The first-order chi connectivity index (χ1) is 15.0. The van der Waals surface area contributed by atoms with Crippen LogP contribution in [0.25, 0.3) is 11.4 Å². The fraction of sp³-hybridized carbons (Fsp3) is 0.261. The van der Waals surface area contributed by atoms with E-state index in [1.165, 1.54) is 17.3 Å². The van der Waals surface area contributed by atoms with E-state index in [0.717, 1.165) is 16.8 Å². The van der Waals surface area contributed by atoms with Gasteiger partial charge in [0.25, 0.3) is 0 Å². The number of carbonyl (C=O) groups excluding carboxylic acids is 1. The van der Waals surface area contributed by atoms with Crippen LogP contribution in [-0.4, -0.2) is 40.6 Å². The van der Waals surface area contributed by atoms with E-state index in [9.17, 15) is 4.79 Å². The number of hydrogen-bond donors (Lipinski definition) is 1. The quantitative estimate of drug-likeness (QED) is 0.392. The summed E-state index contributed by atoms with van der Waals surface area (Å²) in [5, 5.41) is 12.2. The van der Waals surface area contributed by atoms with Crippen LogP contribution in [0.5, 0.6) is 11.5 Å². The number of nitrogens with one attached hydrogen (secondary N) is 1. The van der Waals surface area contributed by atoms with Crippen molar-refractivity contribution in [2.24, 2.45) is 0 Å². The van der Waals surface area contributed by atoms with Crippen molar-refractivity contribution >= 4 is 23.4 Å². The monoisotopic (exact) mass is 438 g/mol. The summed E-state index contributed by atoms with van der Waals surface area (Å²) in [6, 6.07) is 11.4. The number of benzene rings is 2. The molecule has 0 aliphatic carbocycles. The molecule has 3 rings (SSSR count). The van der Waals surface area contributed by atoms with Gasteiger partial charge in [-0.2, -0.15) is 0 Å². The van der Waals surface area contributed by atoms with Gasteiger partial charge in [-0.1, -0.05) is 23.9 Å². The average molecular weight is 439 g/mol. The maximum Gasteiger partial charge on any atom is 0.234 e. The Morgan fingerprint density at radius 1 is 1.10 bits per heavy atom. The minimum absolute atomic E-state index is 0.103. The number of rotatable bonds is 9. The van der Waals surface area contributed by atoms with E-state index < -0.39 is 0 Å². The van der Waals surface area contributed by atoms with Gasteiger partial charge in [0.1, 0.15) is 0 Å². The van der Waals surface area contributed by atoms with Gasteiger partial charge in [-0.25, -0.2) is 0 Å². The fourth-order valence-corrected chi connectivity index (χ4v) is 3.77. The molecule has 0 bridgehead atoms. The molecular formula is C23H26N4O3S. The second kappa shape index (κ2) is 10.2. The van der Waals surface area contributed by atoms with Gasteiger partial charge in [-0.05, 0) is 55.3 Å². The summed E-state index contributed by atoms with van der Waals surface area (Å²) in [6.45, 7) is 8.40. The molecule has 8 heteroatoms. The Morgan fingerprint density at radius 2 is 1.87 bits per heavy atom. The summed E-state index contributed by atoms with van der Waals surface area (Å²) >= 11 is 1.33. The van der Waals surface area contributed by atoms with E-state index in [1.807, 2.05) is 54.8 Å². The third kappa shape index (κ3) is 5.27. The highest BCUT2D eigenvalue weighted by Crippen LogP contribution is 2.33. The Balaban J connectivity index is 1.76. The molecule has 2 aromatic carbocycles. The molecule has 0 radical (unpaired) electrons. The van der Waals surface area contributed by atoms with Crippen LogP contribution in [0.1, 0.15) is 11.1 Å². The molecule has 1 amide bonds. The number of amides is 1. The van der Waals surface area contributed by atoms with Crippen molar-refractivity contribution in [1.29, 1.82) is 0 Å². The van der Waals surface area contributed by atoms with E-state index in [1.54, 1.807) is 20.3 Å². The second-order valence-electron chi connectivity index (χ2n) is 6.91. The predicted molar refractivity (Wildman–Crippen MR) is 124 cm³/mol. The molecule has 7 nitrogen and oxygen atoms in total. The molecule has 1 aromatic heterocycles. The van der Waals surface area contributed by atoms with Crippen LogP contribution >= 0.6 is 11.8 Å². The molecular weight excluding hydrogens is 412 g/mol. The molecule has 0 aliphatic heterocycles. The summed E-state index contributed by atoms with van der Waals surface area (Å²) < 4.78 is 12.6. The standard InChI is InChI=1S/C23H26N4O3S/c1-6-11-27-22(17-8-10-19(29-4)20(13-17)30-5)25-26-23(27)31-14-21(28)24-18-9-7-15(2)16(3)12-18/h6-10,12-13H,1,11,14H2,2-5H3,(H,24,28). The number of aromatic nitrogens is 3. The zero-order chi connectivity index (χ0) is 22.4. The van der Waals surface area contributed by atoms with Gasteiger partial charge in [0.15, 0.2) is 22.5 Å². The number of allylic oxidation sites excluding steroid dienone is 1. The summed E-state index contributed by atoms with van der Waals surface area (Å²) in [5.74, 6) is 2.02. The normalized spacial score (nSPS) is 10.6. The molecule has 1 N–H and O–H groups in total. The average Bonchev–Trinajstić information content (AvgIpc) is 3.17. The Kier molecular flexibility index (Phi) is 7.36. The summed E-state index contributed by atoms with van der Waals surface area (Å²) in [5.41, 5.74) is 3.94. The topological polar surface area (TPSA) is 78.3 Å². The number of anilines is 1. The first kappa shape index (κ1) is 22.4. The van der Waals surface area contributed by atoms with Crippen molar-refractivity contribution < 1.29 is 14.3 Å². The number of carbonyl (C=O) groups is 1. The van der Waals surface area contributed by atoms with Crippen LogP contribution < -0.4 is 14.8 Å². The molecule has 0 aliphatic rings. The van der Waals surface area contributed by atoms with Crippen molar-refractivity contribution in [2.75, 3.05) is 25.3 Å². The Hall–Kier alpha value is -3.26. The number of hydrogen-bond acceptors (Lipinski definition) is 6. The van der Waals surface area contributed by atoms with Crippen LogP contribution in [0, 0.1) is 13.8 Å². The highest BCUT2D eigenvalue weighted by molar-refractivity contribution is 7.99. The molecule has 0 saturated carbocycles. The lowest BCUT2D eigenvalue weighted by Gasteiger charge is -2.11. The van der Waals surface area contributed by atoms with Gasteiger partial charge in [0.2, 0.25) is 5.91 Å². The third-order valence-electron chi connectivity index (χ3n) is 4.79. The largest absolute Gasteiger partial charge is 0.493 e. The van der Waals surface area contributed by atoms with E-state index in [-0.39, 0.29) is 11.7 Å². The van der Waals surface area contributed by atoms with Crippen molar-refractivity contribution in [3.05, 3.63) is 60.2 Å². The summed E-state index contributed by atoms with van der Waals surface area (Å²) in [4.78, 5) is 12.4. The number of ether oxygens (including phenoxy) is 2. The Bertz CT molecular complexity index is 1090. The van der Waals surface area contributed by atoms with Crippen molar-refractivity contribution in [3.8, 4) is 22.9 Å². The lowest BCUT2D eigenvalue weighted by molar-refractivity contribution is -0.113. The first-order valence-corrected chi connectivity index (χ1v) is 10.7. The Morgan fingerprint density at radius 3 is 2.55 bits per heavy atom. The molecule has 162 valence electrons. The SMILES string of the molecule is C=CCn1c(SCC(=O)Nc2ccc(C)c(C)c2)nnc1-c1ccc(OC)c(OC)c1. The van der Waals surface area contributed by atoms with E-state index >= 15 is 0 Å². The lowest BCUT2D eigenvalue weighted by atomic mass is 10.1. The minimum atomic E-state index is -0.103. The molecule has 1 heterocycles. The van der Waals surface area contributed by atoms with Gasteiger partial charge in [0.05, 0.1) is 20.0 Å². The fourth-order valence-electron chi connectivity index (χ4n) is 3.02. The van der Waals surface area contributed by atoms with Crippen LogP contribution in [0.15, 0.2) is 54.2 Å². The van der Waals surface area contributed by atoms with Gasteiger partial charge in [-0.15, -0.1) is 16.8 Å². The van der Waals surface area contributed by atoms with Crippen LogP contribution in [0.4, 0.5) is 5.69 Å². The summed E-state index contributed by atoms with van der Waals surface area (Å²) in [6.07, 6.45) is 1.77. The molecule has 0 fully saturated rings. The number of thioether (sulfide) groups is 1. The maximum atomic E-state index is 12.4.